The third-order valence-corrected chi connectivity index (χ3v) is 3.09. The summed E-state index contributed by atoms with van der Waals surface area (Å²) in [4.78, 5) is 10.5. The molecule has 0 unspecified atom stereocenters. The van der Waals surface area contributed by atoms with Gasteiger partial charge in [-0.1, -0.05) is 35.3 Å². The minimum absolute atomic E-state index is 0.113. The number of para-hydroxylation sites is 1. The number of halogens is 3. The maximum absolute atomic E-state index is 10.5. The third-order valence-electron chi connectivity index (χ3n) is 1.88. The summed E-state index contributed by atoms with van der Waals surface area (Å²) in [5, 5.41) is 8.95. The number of carboxylic acids is 1. The second-order valence-corrected chi connectivity index (χ2v) is 4.73. The van der Waals surface area contributed by atoms with E-state index in [-0.39, 0.29) is 6.61 Å². The first-order valence-electron chi connectivity index (χ1n) is 4.81. The number of aliphatic carboxylic acids is 1. The fourth-order valence-electron chi connectivity index (χ4n) is 1.14. The Kier molecular flexibility index (Phi) is 6.25. The Bertz CT molecular complexity index is 498. The van der Waals surface area contributed by atoms with Crippen LogP contribution in [0.1, 0.15) is 5.56 Å². The molecule has 1 N–H and O–H groups in total. The molecular weight excluding hydrogens is 343 g/mol. The van der Waals surface area contributed by atoms with Gasteiger partial charge in [0.15, 0.2) is 0 Å². The van der Waals surface area contributed by atoms with Crippen LogP contribution in [0.15, 0.2) is 39.3 Å². The molecule has 0 heterocycles. The maximum atomic E-state index is 10.5. The normalized spacial score (nSPS) is 11.8. The summed E-state index contributed by atoms with van der Waals surface area (Å²) in [6.45, 7) is 0.113. The van der Waals surface area contributed by atoms with Gasteiger partial charge in [0.25, 0.3) is 0 Å². The van der Waals surface area contributed by atoms with Crippen LogP contribution in [0.3, 0.4) is 0 Å². The summed E-state index contributed by atoms with van der Waals surface area (Å²) in [5.41, 5.74) is 1.84. The topological polar surface area (TPSA) is 46.5 Å². The summed E-state index contributed by atoms with van der Waals surface area (Å²) in [5.74, 6) is -0.522. The lowest BCUT2D eigenvalue weighted by Gasteiger charge is -2.10. The Hall–Kier alpha value is -0.970. The summed E-state index contributed by atoms with van der Waals surface area (Å²) in [6.07, 6.45) is 2.48. The molecule has 18 heavy (non-hydrogen) atoms. The second-order valence-electron chi connectivity index (χ2n) is 3.17. The van der Waals surface area contributed by atoms with E-state index >= 15 is 0 Å². The molecule has 1 rings (SSSR count). The molecule has 96 valence electrons. The number of hydrogen-bond acceptors (Lipinski definition) is 2. The van der Waals surface area contributed by atoms with Crippen molar-refractivity contribution in [3.63, 3.8) is 0 Å². The third kappa shape index (κ3) is 4.72. The molecule has 0 aliphatic rings. The highest BCUT2D eigenvalue weighted by molar-refractivity contribution is 9.10. The zero-order valence-electron chi connectivity index (χ0n) is 9.07. The van der Waals surface area contributed by atoms with Crippen molar-refractivity contribution in [1.29, 1.82) is 0 Å². The monoisotopic (exact) mass is 350 g/mol. The van der Waals surface area contributed by atoms with Crippen molar-refractivity contribution < 1.29 is 14.6 Å². The number of ether oxygens (including phenoxy) is 1. The van der Waals surface area contributed by atoms with Crippen molar-refractivity contribution in [1.82, 2.24) is 0 Å². The largest absolute Gasteiger partial charge is 0.486 e. The van der Waals surface area contributed by atoms with Gasteiger partial charge in [-0.3, -0.25) is 0 Å². The lowest BCUT2D eigenvalue weighted by atomic mass is 10.2. The molecule has 0 aliphatic carbocycles. The fraction of sp³-hybridized carbons (Fsp3) is 0.0833. The Morgan fingerprint density at radius 1 is 1.50 bits per heavy atom. The zero-order chi connectivity index (χ0) is 13.5. The quantitative estimate of drug-likeness (QED) is 0.807. The molecule has 0 amide bonds. The van der Waals surface area contributed by atoms with Crippen LogP contribution in [0, 0.1) is 0 Å². The number of rotatable bonds is 5. The van der Waals surface area contributed by atoms with Crippen LogP contribution in [0.5, 0.6) is 5.75 Å². The van der Waals surface area contributed by atoms with Crippen molar-refractivity contribution in [3.8, 4) is 5.75 Å². The van der Waals surface area contributed by atoms with E-state index in [0.29, 0.717) is 20.8 Å². The molecular formula is C12H9BrCl2O3. The fourth-order valence-corrected chi connectivity index (χ4v) is 1.76. The van der Waals surface area contributed by atoms with Gasteiger partial charge in [0.2, 0.25) is 0 Å². The van der Waals surface area contributed by atoms with E-state index in [0.717, 1.165) is 6.08 Å². The average Bonchev–Trinajstić information content (AvgIpc) is 2.34. The summed E-state index contributed by atoms with van der Waals surface area (Å²) < 4.78 is 6.18. The first-order valence-corrected chi connectivity index (χ1v) is 6.42. The van der Waals surface area contributed by atoms with Crippen molar-refractivity contribution in [2.45, 2.75) is 0 Å². The molecule has 0 fully saturated rings. The van der Waals surface area contributed by atoms with Gasteiger partial charge < -0.3 is 9.84 Å². The number of benzene rings is 1. The molecule has 0 atom stereocenters. The van der Waals surface area contributed by atoms with E-state index in [2.05, 4.69) is 15.9 Å². The van der Waals surface area contributed by atoms with Crippen LogP contribution in [-0.2, 0) is 4.79 Å². The standard InChI is InChI=1S/C12H9BrCl2O3/c13-10-3-1-2-8(4-5-11(16)17)12(10)18-7-9(15)6-14/h1-6H,7H2,(H,16,17). The van der Waals surface area contributed by atoms with Gasteiger partial charge in [-0.05, 0) is 28.1 Å². The zero-order valence-corrected chi connectivity index (χ0v) is 12.2. The predicted octanol–water partition coefficient (Wildman–Crippen LogP) is 4.24. The molecule has 0 spiro atoms. The van der Waals surface area contributed by atoms with E-state index in [1.165, 1.54) is 11.6 Å². The lowest BCUT2D eigenvalue weighted by Crippen LogP contribution is -1.99. The lowest BCUT2D eigenvalue weighted by molar-refractivity contribution is -0.131. The van der Waals surface area contributed by atoms with Crippen LogP contribution in [0.4, 0.5) is 0 Å². The van der Waals surface area contributed by atoms with Crippen LogP contribution in [0.2, 0.25) is 0 Å². The highest BCUT2D eigenvalue weighted by Gasteiger charge is 2.07. The van der Waals surface area contributed by atoms with Gasteiger partial charge in [-0.2, -0.15) is 0 Å². The average molecular weight is 352 g/mol. The smallest absolute Gasteiger partial charge is 0.328 e. The van der Waals surface area contributed by atoms with E-state index in [9.17, 15) is 4.79 Å². The number of carbonyl (C=O) groups is 1. The van der Waals surface area contributed by atoms with E-state index < -0.39 is 5.97 Å². The molecule has 1 aromatic carbocycles. The molecule has 0 saturated carbocycles. The minimum Gasteiger partial charge on any atom is -0.486 e. The van der Waals surface area contributed by atoms with Crippen molar-refractivity contribution in [2.24, 2.45) is 0 Å². The minimum atomic E-state index is -1.03. The van der Waals surface area contributed by atoms with E-state index in [1.54, 1.807) is 18.2 Å². The van der Waals surface area contributed by atoms with Gasteiger partial charge in [0.05, 0.1) is 9.51 Å². The first kappa shape index (κ1) is 15.1. The summed E-state index contributed by atoms with van der Waals surface area (Å²) >= 11 is 14.5. The maximum Gasteiger partial charge on any atom is 0.328 e. The Morgan fingerprint density at radius 3 is 2.83 bits per heavy atom. The Labute approximate surface area is 123 Å². The van der Waals surface area contributed by atoms with Crippen LogP contribution in [0.25, 0.3) is 6.08 Å². The molecule has 1 aromatic rings. The SMILES string of the molecule is O=C(O)C=Cc1cccc(Br)c1OCC(Cl)=CCl. The second kappa shape index (κ2) is 7.46. The Balaban J connectivity index is 2.97. The summed E-state index contributed by atoms with van der Waals surface area (Å²) in [7, 11) is 0. The highest BCUT2D eigenvalue weighted by atomic mass is 79.9. The first-order chi connectivity index (χ1) is 8.54. The summed E-state index contributed by atoms with van der Waals surface area (Å²) in [6, 6.07) is 5.29. The molecule has 0 aliphatic heterocycles. The number of carboxylic acid groups (broad SMARTS) is 1. The highest BCUT2D eigenvalue weighted by Crippen LogP contribution is 2.30. The van der Waals surface area contributed by atoms with Crippen LogP contribution < -0.4 is 4.74 Å². The van der Waals surface area contributed by atoms with Gasteiger partial charge >= 0.3 is 5.97 Å². The molecule has 0 bridgehead atoms. The molecule has 0 aromatic heterocycles. The van der Waals surface area contributed by atoms with Crippen molar-refractivity contribution in [2.75, 3.05) is 6.61 Å². The van der Waals surface area contributed by atoms with Gasteiger partial charge in [0.1, 0.15) is 12.4 Å². The van der Waals surface area contributed by atoms with Gasteiger partial charge in [0, 0.05) is 17.2 Å². The molecule has 0 saturated heterocycles. The molecule has 0 radical (unpaired) electrons. The molecule has 6 heteroatoms. The number of hydrogen-bond donors (Lipinski definition) is 1. The van der Waals surface area contributed by atoms with E-state index in [1.807, 2.05) is 0 Å². The van der Waals surface area contributed by atoms with E-state index in [4.69, 9.17) is 33.0 Å². The molecule has 3 nitrogen and oxygen atoms in total. The van der Waals surface area contributed by atoms with Crippen molar-refractivity contribution in [3.05, 3.63) is 44.9 Å². The van der Waals surface area contributed by atoms with Crippen molar-refractivity contribution >= 4 is 51.2 Å². The van der Waals surface area contributed by atoms with Gasteiger partial charge in [-0.15, -0.1) is 0 Å². The Morgan fingerprint density at radius 2 is 2.22 bits per heavy atom. The van der Waals surface area contributed by atoms with Crippen LogP contribution >= 0.6 is 39.1 Å². The predicted molar refractivity (Wildman–Crippen MR) is 76.1 cm³/mol. The van der Waals surface area contributed by atoms with Gasteiger partial charge in [-0.25, -0.2) is 4.79 Å². The van der Waals surface area contributed by atoms with Crippen LogP contribution in [-0.4, -0.2) is 17.7 Å².